The van der Waals surface area contributed by atoms with Gasteiger partial charge in [-0.2, -0.15) is 0 Å². The standard InChI is InChI=1S/C12H14Cl2N2O4/c1-2-7(3-4-17)15-12(18)9-5-8(16(19)20)6-10(13)11(9)14/h5-7,17H,2-4H2,1H3,(H,15,18). The normalized spacial score (nSPS) is 12.0. The van der Waals surface area contributed by atoms with Gasteiger partial charge in [-0.3, -0.25) is 14.9 Å². The number of hydrogen-bond acceptors (Lipinski definition) is 4. The number of benzene rings is 1. The van der Waals surface area contributed by atoms with Crippen LogP contribution < -0.4 is 5.32 Å². The zero-order valence-corrected chi connectivity index (χ0v) is 12.2. The van der Waals surface area contributed by atoms with E-state index in [1.54, 1.807) is 0 Å². The van der Waals surface area contributed by atoms with Gasteiger partial charge in [0.05, 0.1) is 20.5 Å². The number of nitro benzene ring substituents is 1. The Labute approximate surface area is 125 Å². The molecule has 0 aliphatic rings. The predicted molar refractivity (Wildman–Crippen MR) is 76.4 cm³/mol. The van der Waals surface area contributed by atoms with E-state index < -0.39 is 10.8 Å². The molecule has 1 amide bonds. The van der Waals surface area contributed by atoms with E-state index in [0.717, 1.165) is 12.1 Å². The van der Waals surface area contributed by atoms with Crippen molar-refractivity contribution in [1.29, 1.82) is 0 Å². The Balaban J connectivity index is 3.05. The van der Waals surface area contributed by atoms with E-state index >= 15 is 0 Å². The van der Waals surface area contributed by atoms with Crippen LogP contribution in [0.5, 0.6) is 0 Å². The number of hydrogen-bond donors (Lipinski definition) is 2. The van der Waals surface area contributed by atoms with Gasteiger partial charge < -0.3 is 10.4 Å². The van der Waals surface area contributed by atoms with Gasteiger partial charge in [-0.15, -0.1) is 0 Å². The van der Waals surface area contributed by atoms with E-state index in [0.29, 0.717) is 12.8 Å². The van der Waals surface area contributed by atoms with E-state index in [1.807, 2.05) is 6.92 Å². The molecule has 1 aromatic carbocycles. The van der Waals surface area contributed by atoms with Crippen molar-refractivity contribution >= 4 is 34.8 Å². The summed E-state index contributed by atoms with van der Waals surface area (Å²) >= 11 is 11.7. The summed E-state index contributed by atoms with van der Waals surface area (Å²) in [5.74, 6) is -0.555. The van der Waals surface area contributed by atoms with Gasteiger partial charge in [0.1, 0.15) is 0 Å². The molecule has 0 heterocycles. The third kappa shape index (κ3) is 4.06. The van der Waals surface area contributed by atoms with Crippen molar-refractivity contribution in [3.8, 4) is 0 Å². The first kappa shape index (κ1) is 16.7. The lowest BCUT2D eigenvalue weighted by atomic mass is 10.1. The molecular formula is C12H14Cl2N2O4. The number of aliphatic hydroxyl groups is 1. The molecular weight excluding hydrogens is 307 g/mol. The average Bonchev–Trinajstić information content (AvgIpc) is 2.40. The maximum absolute atomic E-state index is 12.1. The number of nitrogens with zero attached hydrogens (tertiary/aromatic N) is 1. The highest BCUT2D eigenvalue weighted by Gasteiger charge is 2.21. The fourth-order valence-corrected chi connectivity index (χ4v) is 2.05. The van der Waals surface area contributed by atoms with Gasteiger partial charge in [0.25, 0.3) is 11.6 Å². The van der Waals surface area contributed by atoms with Gasteiger partial charge in [0, 0.05) is 24.8 Å². The number of carbonyl (C=O) groups is 1. The molecule has 2 N–H and O–H groups in total. The minimum atomic E-state index is -0.649. The average molecular weight is 321 g/mol. The van der Waals surface area contributed by atoms with Crippen LogP contribution in [0, 0.1) is 10.1 Å². The van der Waals surface area contributed by atoms with E-state index in [4.69, 9.17) is 28.3 Å². The molecule has 0 aromatic heterocycles. The van der Waals surface area contributed by atoms with Gasteiger partial charge in [0.2, 0.25) is 0 Å². The second-order valence-corrected chi connectivity index (χ2v) is 4.92. The summed E-state index contributed by atoms with van der Waals surface area (Å²) in [4.78, 5) is 22.2. The number of nitro groups is 1. The molecule has 0 fully saturated rings. The minimum absolute atomic E-state index is 0.0337. The summed E-state index contributed by atoms with van der Waals surface area (Å²) in [6, 6.07) is 1.93. The molecule has 1 unspecified atom stereocenters. The Hall–Kier alpha value is -1.37. The fraction of sp³-hybridized carbons (Fsp3) is 0.417. The second-order valence-electron chi connectivity index (χ2n) is 4.14. The number of halogens is 2. The Morgan fingerprint density at radius 2 is 2.15 bits per heavy atom. The molecule has 110 valence electrons. The number of rotatable bonds is 6. The first-order chi connectivity index (χ1) is 9.40. The largest absolute Gasteiger partial charge is 0.396 e. The SMILES string of the molecule is CCC(CCO)NC(=O)c1cc([N+](=O)[O-])cc(Cl)c1Cl. The molecule has 1 aromatic rings. The number of non-ortho nitro benzene ring substituents is 1. The maximum Gasteiger partial charge on any atom is 0.271 e. The Bertz CT molecular complexity index is 522. The van der Waals surface area contributed by atoms with Gasteiger partial charge >= 0.3 is 0 Å². The van der Waals surface area contributed by atoms with E-state index in [1.165, 1.54) is 0 Å². The van der Waals surface area contributed by atoms with E-state index in [-0.39, 0.29) is 33.9 Å². The van der Waals surface area contributed by atoms with Crippen molar-refractivity contribution in [3.63, 3.8) is 0 Å². The van der Waals surface area contributed by atoms with Gasteiger partial charge in [-0.05, 0) is 12.8 Å². The predicted octanol–water partition coefficient (Wildman–Crippen LogP) is 2.79. The topological polar surface area (TPSA) is 92.5 Å². The van der Waals surface area contributed by atoms with Crippen molar-refractivity contribution in [3.05, 3.63) is 37.9 Å². The number of carbonyl (C=O) groups excluding carboxylic acids is 1. The molecule has 0 spiro atoms. The van der Waals surface area contributed by atoms with Crippen LogP contribution in [0.15, 0.2) is 12.1 Å². The lowest BCUT2D eigenvalue weighted by molar-refractivity contribution is -0.384. The first-order valence-electron chi connectivity index (χ1n) is 5.95. The number of aliphatic hydroxyl groups excluding tert-OH is 1. The maximum atomic E-state index is 12.1. The highest BCUT2D eigenvalue weighted by molar-refractivity contribution is 6.44. The van der Waals surface area contributed by atoms with Crippen LogP contribution in [0.3, 0.4) is 0 Å². The molecule has 0 aliphatic heterocycles. The van der Waals surface area contributed by atoms with Crippen LogP contribution in [-0.2, 0) is 0 Å². The molecule has 1 atom stereocenters. The van der Waals surface area contributed by atoms with Crippen molar-refractivity contribution in [2.45, 2.75) is 25.8 Å². The van der Waals surface area contributed by atoms with E-state index in [9.17, 15) is 14.9 Å². The van der Waals surface area contributed by atoms with Gasteiger partial charge in [0.15, 0.2) is 0 Å². The Morgan fingerprint density at radius 3 is 2.65 bits per heavy atom. The van der Waals surface area contributed by atoms with Crippen molar-refractivity contribution in [2.75, 3.05) is 6.61 Å². The summed E-state index contributed by atoms with van der Waals surface area (Å²) in [5, 5.41) is 22.2. The summed E-state index contributed by atoms with van der Waals surface area (Å²) in [6.45, 7) is 1.78. The summed E-state index contributed by atoms with van der Waals surface area (Å²) in [5.41, 5.74) is -0.359. The monoisotopic (exact) mass is 320 g/mol. The molecule has 1 rings (SSSR count). The smallest absolute Gasteiger partial charge is 0.271 e. The van der Waals surface area contributed by atoms with E-state index in [2.05, 4.69) is 5.32 Å². The molecule has 20 heavy (non-hydrogen) atoms. The van der Waals surface area contributed by atoms with Gasteiger partial charge in [-0.25, -0.2) is 0 Å². The highest BCUT2D eigenvalue weighted by atomic mass is 35.5. The third-order valence-electron chi connectivity index (χ3n) is 2.77. The summed E-state index contributed by atoms with van der Waals surface area (Å²) in [7, 11) is 0. The van der Waals surface area contributed by atoms with Crippen molar-refractivity contribution in [1.82, 2.24) is 5.32 Å². The number of amides is 1. The molecule has 0 bridgehead atoms. The Kier molecular flexibility index (Phi) is 6.19. The molecule has 0 saturated heterocycles. The van der Waals surface area contributed by atoms with Gasteiger partial charge in [-0.1, -0.05) is 30.1 Å². The minimum Gasteiger partial charge on any atom is -0.396 e. The fourth-order valence-electron chi connectivity index (χ4n) is 1.64. The lowest BCUT2D eigenvalue weighted by Crippen LogP contribution is -2.35. The van der Waals surface area contributed by atoms with Crippen molar-refractivity contribution in [2.24, 2.45) is 0 Å². The second kappa shape index (κ2) is 7.42. The van der Waals surface area contributed by atoms with Crippen LogP contribution in [-0.4, -0.2) is 28.6 Å². The summed E-state index contributed by atoms with van der Waals surface area (Å²) in [6.07, 6.45) is 1.01. The third-order valence-corrected chi connectivity index (χ3v) is 3.58. The van der Waals surface area contributed by atoms with Crippen LogP contribution in [0.4, 0.5) is 5.69 Å². The zero-order chi connectivity index (χ0) is 15.3. The van der Waals surface area contributed by atoms with Crippen LogP contribution in [0.1, 0.15) is 30.1 Å². The quantitative estimate of drug-likeness (QED) is 0.622. The molecule has 0 aliphatic carbocycles. The highest BCUT2D eigenvalue weighted by Crippen LogP contribution is 2.30. The molecule has 6 nitrogen and oxygen atoms in total. The van der Waals surface area contributed by atoms with Crippen LogP contribution >= 0.6 is 23.2 Å². The first-order valence-corrected chi connectivity index (χ1v) is 6.71. The zero-order valence-electron chi connectivity index (χ0n) is 10.7. The molecule has 8 heteroatoms. The van der Waals surface area contributed by atoms with Crippen LogP contribution in [0.25, 0.3) is 0 Å². The van der Waals surface area contributed by atoms with Crippen molar-refractivity contribution < 1.29 is 14.8 Å². The molecule has 0 saturated carbocycles. The van der Waals surface area contributed by atoms with Crippen LogP contribution in [0.2, 0.25) is 10.0 Å². The summed E-state index contributed by atoms with van der Waals surface area (Å²) < 4.78 is 0. The number of nitrogens with one attached hydrogen (secondary N) is 1. The Morgan fingerprint density at radius 1 is 1.50 bits per heavy atom. The lowest BCUT2D eigenvalue weighted by Gasteiger charge is -2.16. The molecule has 0 radical (unpaired) electrons.